The Morgan fingerprint density at radius 3 is 2.34 bits per heavy atom. The molecular weight excluding hydrogens is 868 g/mol. The number of amides is 5. The largest absolute Gasteiger partial charge is 0.493 e. The lowest BCUT2D eigenvalue weighted by Gasteiger charge is -2.38. The molecule has 3 aromatic carbocycles. The van der Waals surface area contributed by atoms with Gasteiger partial charge in [-0.1, -0.05) is 98.3 Å². The summed E-state index contributed by atoms with van der Waals surface area (Å²) in [5, 5.41) is 6.04. The number of hydrogen-bond donors (Lipinski definition) is 2. The molecule has 67 heavy (non-hydrogen) atoms. The number of pyridine rings is 1. The van der Waals surface area contributed by atoms with Crippen LogP contribution in [0, 0.1) is 5.41 Å². The highest BCUT2D eigenvalue weighted by molar-refractivity contribution is 6.33. The molecule has 2 N–H and O–H groups in total. The number of unbranched alkanes of at least 4 members (excludes halogenated alkanes) is 6. The molecule has 15 heteroatoms. The number of rotatable bonds is 17. The number of halogens is 1. The Morgan fingerprint density at radius 2 is 1.54 bits per heavy atom. The molecule has 0 bridgehead atoms. The van der Waals surface area contributed by atoms with Gasteiger partial charge in [0.15, 0.2) is 0 Å². The molecule has 0 radical (unpaired) electrons. The van der Waals surface area contributed by atoms with Crippen molar-refractivity contribution in [1.29, 1.82) is 0 Å². The number of nitrogens with one attached hydrogen (secondary N) is 2. The third-order valence-corrected chi connectivity index (χ3v) is 14.0. The maximum absolute atomic E-state index is 14.0. The molecule has 9 rings (SSSR count). The second-order valence-electron chi connectivity index (χ2n) is 18.0. The molecule has 3 fully saturated rings. The second-order valence-corrected chi connectivity index (χ2v) is 18.4. The molecule has 14 nitrogen and oxygen atoms in total. The van der Waals surface area contributed by atoms with Crippen LogP contribution in [0.25, 0.3) is 22.4 Å². The lowest BCUT2D eigenvalue weighted by Crippen LogP contribution is -2.52. The molecule has 4 aliphatic heterocycles. The van der Waals surface area contributed by atoms with E-state index in [-0.39, 0.29) is 30.0 Å². The fourth-order valence-corrected chi connectivity index (χ4v) is 10.1. The fraction of sp³-hybridized carbons (Fsp3) is 0.385. The summed E-state index contributed by atoms with van der Waals surface area (Å²) in [6, 6.07) is 24.9. The van der Waals surface area contributed by atoms with Gasteiger partial charge in [0, 0.05) is 49.2 Å². The molecule has 346 valence electrons. The van der Waals surface area contributed by atoms with Gasteiger partial charge < -0.3 is 24.8 Å². The Bertz CT molecular complexity index is 2650. The lowest BCUT2D eigenvalue weighted by atomic mass is 9.77. The number of anilines is 3. The molecule has 1 atom stereocenters. The van der Waals surface area contributed by atoms with Crippen molar-refractivity contribution in [3.63, 3.8) is 0 Å². The summed E-state index contributed by atoms with van der Waals surface area (Å²) in [5.41, 5.74) is 5.85. The summed E-state index contributed by atoms with van der Waals surface area (Å²) >= 11 is 6.61. The number of carbonyl (C=O) groups is 5. The highest BCUT2D eigenvalue weighted by atomic mass is 35.5. The van der Waals surface area contributed by atoms with Crippen LogP contribution in [0.5, 0.6) is 5.75 Å². The van der Waals surface area contributed by atoms with Crippen molar-refractivity contribution in [3.8, 4) is 28.1 Å². The second kappa shape index (κ2) is 20.5. The Balaban J connectivity index is 0.673. The van der Waals surface area contributed by atoms with Crippen LogP contribution < -0.4 is 20.3 Å². The minimum atomic E-state index is -0.651. The number of hydrogen-bond acceptors (Lipinski definition) is 10. The van der Waals surface area contributed by atoms with Crippen LogP contribution in [0.1, 0.15) is 99.4 Å². The third-order valence-electron chi connectivity index (χ3n) is 13.7. The molecule has 3 saturated heterocycles. The van der Waals surface area contributed by atoms with Crippen LogP contribution in [-0.4, -0.2) is 86.6 Å². The number of aromatic nitrogens is 3. The number of imide groups is 1. The van der Waals surface area contributed by atoms with Crippen molar-refractivity contribution in [2.75, 3.05) is 36.5 Å². The maximum atomic E-state index is 14.0. The summed E-state index contributed by atoms with van der Waals surface area (Å²) in [6.45, 7) is 2.60. The van der Waals surface area contributed by atoms with E-state index < -0.39 is 17.4 Å². The molecule has 2 aromatic heterocycles. The van der Waals surface area contributed by atoms with E-state index in [9.17, 15) is 24.0 Å². The predicted molar refractivity (Wildman–Crippen MR) is 256 cm³/mol. The van der Waals surface area contributed by atoms with Gasteiger partial charge in [-0.25, -0.2) is 9.97 Å². The van der Waals surface area contributed by atoms with Crippen LogP contribution in [-0.2, 0) is 25.7 Å². The molecule has 1 unspecified atom stereocenters. The van der Waals surface area contributed by atoms with Crippen molar-refractivity contribution in [1.82, 2.24) is 30.1 Å². The van der Waals surface area contributed by atoms with Gasteiger partial charge in [0.25, 0.3) is 5.91 Å². The van der Waals surface area contributed by atoms with Gasteiger partial charge in [-0.2, -0.15) is 0 Å². The number of ether oxygens (including phenoxy) is 1. The predicted octanol–water partition coefficient (Wildman–Crippen LogP) is 8.91. The molecule has 5 amide bonds. The monoisotopic (exact) mass is 922 g/mol. The zero-order valence-electron chi connectivity index (χ0n) is 37.6. The molecule has 5 aromatic rings. The third kappa shape index (κ3) is 10.2. The number of likely N-dealkylation sites (tertiary alicyclic amines) is 1. The van der Waals surface area contributed by atoms with Crippen LogP contribution in [0.3, 0.4) is 0 Å². The lowest BCUT2D eigenvalue weighted by molar-refractivity contribution is -0.137. The molecule has 6 heterocycles. The Labute approximate surface area is 395 Å². The topological polar surface area (TPSA) is 167 Å². The zero-order chi connectivity index (χ0) is 46.3. The first kappa shape index (κ1) is 45.5. The van der Waals surface area contributed by atoms with E-state index in [1.807, 2.05) is 52.3 Å². The van der Waals surface area contributed by atoms with E-state index in [4.69, 9.17) is 21.3 Å². The van der Waals surface area contributed by atoms with Gasteiger partial charge in [-0.15, -0.1) is 0 Å². The number of nitrogens with zero attached hydrogens (tertiary/aromatic N) is 6. The molecular formula is C52H55ClN8O6. The highest BCUT2D eigenvalue weighted by Gasteiger charge is 2.49. The van der Waals surface area contributed by atoms with E-state index >= 15 is 0 Å². The van der Waals surface area contributed by atoms with Crippen molar-refractivity contribution >= 4 is 58.5 Å². The van der Waals surface area contributed by atoms with Crippen LogP contribution in [0.4, 0.5) is 17.3 Å². The zero-order valence-corrected chi connectivity index (χ0v) is 38.3. The van der Waals surface area contributed by atoms with E-state index in [2.05, 4.69) is 44.9 Å². The van der Waals surface area contributed by atoms with Crippen LogP contribution in [0.2, 0.25) is 5.02 Å². The van der Waals surface area contributed by atoms with E-state index in [1.165, 1.54) is 0 Å². The van der Waals surface area contributed by atoms with Gasteiger partial charge in [0.1, 0.15) is 11.8 Å². The van der Waals surface area contributed by atoms with E-state index in [0.717, 1.165) is 73.6 Å². The van der Waals surface area contributed by atoms with Gasteiger partial charge >= 0.3 is 0 Å². The smallest absolute Gasteiger partial charge is 0.255 e. The Morgan fingerprint density at radius 1 is 0.806 bits per heavy atom. The standard InChI is InChI=1S/C52H55ClN8O6/c53-42-33-55-51(58-47(42)37-16-11-15-36(29-37)35-13-7-6-8-14-35)56-38-30-39(32-54-31-38)60-27-24-52(50(60)66)22-25-59(26-23-52)46(63)19-9-4-2-1-3-5-10-28-67-44-18-12-17-40-41(44)34-61(49(40)65)43-20-21-45(62)57-48(43)64/h6-8,11-18,29-33,43H,1-5,9-10,19-28,34H2,(H,55,56,58)(H,57,62,64). The highest BCUT2D eigenvalue weighted by Crippen LogP contribution is 2.44. The number of benzene rings is 3. The first-order chi connectivity index (χ1) is 32.7. The van der Waals surface area contributed by atoms with Crippen LogP contribution >= 0.6 is 11.6 Å². The molecule has 0 saturated carbocycles. The quantitative estimate of drug-likeness (QED) is 0.0679. The molecule has 4 aliphatic rings. The first-order valence-corrected chi connectivity index (χ1v) is 23.9. The van der Waals surface area contributed by atoms with Gasteiger partial charge in [0.05, 0.1) is 59.2 Å². The van der Waals surface area contributed by atoms with Gasteiger partial charge in [-0.3, -0.25) is 34.3 Å². The van der Waals surface area contributed by atoms with Gasteiger partial charge in [-0.05, 0) is 73.9 Å². The van der Waals surface area contributed by atoms with E-state index in [1.54, 1.807) is 35.6 Å². The van der Waals surface area contributed by atoms with Crippen molar-refractivity contribution in [3.05, 3.63) is 114 Å². The SMILES string of the molecule is O=C1CCC(N2Cc3c(OCCCCCCCCCC(=O)N4CCC5(CC4)CCN(c4cncc(Nc6ncc(Cl)c(-c7cccc(-c8ccccc8)c7)n6)c4)C5=O)cccc3C2=O)C(=O)N1. The summed E-state index contributed by atoms with van der Waals surface area (Å²) < 4.78 is 6.11. The fourth-order valence-electron chi connectivity index (χ4n) is 9.89. The Kier molecular flexibility index (Phi) is 13.9. The minimum Gasteiger partial charge on any atom is -0.493 e. The van der Waals surface area contributed by atoms with Crippen molar-refractivity contribution in [2.24, 2.45) is 5.41 Å². The average Bonchev–Trinajstić information content (AvgIpc) is 3.85. The van der Waals surface area contributed by atoms with Crippen molar-refractivity contribution in [2.45, 2.75) is 96.1 Å². The first-order valence-electron chi connectivity index (χ1n) is 23.6. The van der Waals surface area contributed by atoms with E-state index in [0.29, 0.717) is 97.8 Å². The molecule has 1 spiro atoms. The summed E-state index contributed by atoms with van der Waals surface area (Å²) in [7, 11) is 0. The maximum Gasteiger partial charge on any atom is 0.255 e. The number of fused-ring (bicyclic) bond motifs is 1. The molecule has 0 aliphatic carbocycles. The van der Waals surface area contributed by atoms with Crippen molar-refractivity contribution < 1.29 is 28.7 Å². The summed E-state index contributed by atoms with van der Waals surface area (Å²) in [6.07, 6.45) is 15.1. The normalized spacial score (nSPS) is 17.8. The Hall–Kier alpha value is -6.67. The number of carbonyl (C=O) groups excluding carboxylic acids is 5. The summed E-state index contributed by atoms with van der Waals surface area (Å²) in [5.74, 6) is 0.358. The van der Waals surface area contributed by atoms with Gasteiger partial charge in [0.2, 0.25) is 29.6 Å². The minimum absolute atomic E-state index is 0.0897. The average molecular weight is 924 g/mol. The number of piperidine rings is 2. The summed E-state index contributed by atoms with van der Waals surface area (Å²) in [4.78, 5) is 83.3. The van der Waals surface area contributed by atoms with Crippen LogP contribution in [0.15, 0.2) is 97.5 Å².